The maximum atomic E-state index is 12.4. The van der Waals surface area contributed by atoms with Gasteiger partial charge in [-0.1, -0.05) is 43.5 Å². The fraction of sp³-hybridized carbons (Fsp3) is 0.364. The van der Waals surface area contributed by atoms with Gasteiger partial charge in [0.15, 0.2) is 12.4 Å². The summed E-state index contributed by atoms with van der Waals surface area (Å²) in [6.45, 7) is -0.468. The lowest BCUT2D eigenvalue weighted by Gasteiger charge is -2.22. The molecule has 0 saturated heterocycles. The van der Waals surface area contributed by atoms with Crippen molar-refractivity contribution in [2.24, 2.45) is 5.14 Å². The second kappa shape index (κ2) is 9.40. The second-order valence-corrected chi connectivity index (χ2v) is 8.92. The Kier molecular flexibility index (Phi) is 6.89. The Hall–Kier alpha value is -2.71. The molecule has 1 aliphatic rings. The molecule has 2 aromatic carbocycles. The summed E-state index contributed by atoms with van der Waals surface area (Å²) >= 11 is 0. The van der Waals surface area contributed by atoms with Gasteiger partial charge in [0.25, 0.3) is 0 Å². The third kappa shape index (κ3) is 5.25. The predicted octanol–water partition coefficient (Wildman–Crippen LogP) is 3.43. The smallest absolute Gasteiger partial charge is 0.342 e. The van der Waals surface area contributed by atoms with Gasteiger partial charge >= 0.3 is 5.97 Å². The molecule has 0 heterocycles. The van der Waals surface area contributed by atoms with Crippen LogP contribution in [0.3, 0.4) is 0 Å². The Morgan fingerprint density at radius 2 is 1.70 bits per heavy atom. The van der Waals surface area contributed by atoms with Crippen molar-refractivity contribution in [1.82, 2.24) is 0 Å². The standard InChI is InChI=1S/C22H25NO6S/c1-28-21-12-11-18(30(23,26)27)13-19(21)22(25)29-14-20(24)17-9-7-16(8-10-17)15-5-3-2-4-6-15/h7-13,15H,2-6,14H2,1H3,(H2,23,26,27). The lowest BCUT2D eigenvalue weighted by molar-refractivity contribution is 0.0471. The number of Topliss-reactive ketones (excluding diaryl/α,β-unsaturated/α-hetero) is 1. The molecule has 0 atom stereocenters. The molecule has 0 bridgehead atoms. The fourth-order valence-electron chi connectivity index (χ4n) is 3.69. The highest BCUT2D eigenvalue weighted by molar-refractivity contribution is 7.89. The molecule has 3 rings (SSSR count). The highest BCUT2D eigenvalue weighted by Crippen LogP contribution is 2.32. The number of sulfonamides is 1. The van der Waals surface area contributed by atoms with E-state index >= 15 is 0 Å². The molecule has 0 amide bonds. The number of benzene rings is 2. The molecule has 8 heteroatoms. The van der Waals surface area contributed by atoms with Gasteiger partial charge in [-0.15, -0.1) is 0 Å². The first-order valence-electron chi connectivity index (χ1n) is 9.80. The van der Waals surface area contributed by atoms with Crippen molar-refractivity contribution in [2.45, 2.75) is 42.9 Å². The van der Waals surface area contributed by atoms with E-state index in [4.69, 9.17) is 14.6 Å². The normalized spacial score (nSPS) is 14.9. The summed E-state index contributed by atoms with van der Waals surface area (Å²) in [7, 11) is -2.67. The number of carbonyl (C=O) groups excluding carboxylic acids is 2. The van der Waals surface area contributed by atoms with Crippen LogP contribution in [0.2, 0.25) is 0 Å². The number of rotatable bonds is 7. The Balaban J connectivity index is 1.66. The first kappa shape index (κ1) is 22.0. The minimum absolute atomic E-state index is 0.121. The van der Waals surface area contributed by atoms with Crippen molar-refractivity contribution in [3.05, 3.63) is 59.2 Å². The highest BCUT2D eigenvalue weighted by atomic mass is 32.2. The Morgan fingerprint density at radius 3 is 2.30 bits per heavy atom. The van der Waals surface area contributed by atoms with Gasteiger partial charge in [-0.25, -0.2) is 18.4 Å². The number of hydrogen-bond donors (Lipinski definition) is 1. The summed E-state index contributed by atoms with van der Waals surface area (Å²) in [6, 6.07) is 11.0. The van der Waals surface area contributed by atoms with Crippen molar-refractivity contribution in [1.29, 1.82) is 0 Å². The van der Waals surface area contributed by atoms with E-state index in [1.807, 2.05) is 12.1 Å². The van der Waals surface area contributed by atoms with Crippen LogP contribution in [0.15, 0.2) is 47.4 Å². The van der Waals surface area contributed by atoms with Gasteiger partial charge < -0.3 is 9.47 Å². The Morgan fingerprint density at radius 1 is 1.03 bits per heavy atom. The summed E-state index contributed by atoms with van der Waals surface area (Å²) in [4.78, 5) is 24.6. The topological polar surface area (TPSA) is 113 Å². The zero-order valence-corrected chi connectivity index (χ0v) is 17.6. The summed E-state index contributed by atoms with van der Waals surface area (Å²) in [5.41, 5.74) is 1.56. The van der Waals surface area contributed by atoms with E-state index in [0.717, 1.165) is 6.07 Å². The first-order valence-corrected chi connectivity index (χ1v) is 11.4. The number of primary sulfonamides is 1. The average Bonchev–Trinajstić information content (AvgIpc) is 2.76. The van der Waals surface area contributed by atoms with E-state index < -0.39 is 22.6 Å². The molecule has 0 aromatic heterocycles. The molecule has 2 N–H and O–H groups in total. The zero-order chi connectivity index (χ0) is 21.7. The van der Waals surface area contributed by atoms with Crippen molar-refractivity contribution < 1.29 is 27.5 Å². The van der Waals surface area contributed by atoms with Gasteiger partial charge in [0.05, 0.1) is 12.0 Å². The van der Waals surface area contributed by atoms with Crippen LogP contribution < -0.4 is 9.88 Å². The monoisotopic (exact) mass is 431 g/mol. The molecule has 0 spiro atoms. The summed E-state index contributed by atoms with van der Waals surface area (Å²) < 4.78 is 33.2. The van der Waals surface area contributed by atoms with Gasteiger partial charge in [-0.05, 0) is 42.5 Å². The van der Waals surface area contributed by atoms with Crippen LogP contribution in [0.5, 0.6) is 5.75 Å². The summed E-state index contributed by atoms with van der Waals surface area (Å²) in [5.74, 6) is -0.555. The predicted molar refractivity (Wildman–Crippen MR) is 111 cm³/mol. The fourth-order valence-corrected chi connectivity index (χ4v) is 4.23. The van der Waals surface area contributed by atoms with Gasteiger partial charge in [0.2, 0.25) is 10.0 Å². The van der Waals surface area contributed by atoms with Crippen LogP contribution in [0.4, 0.5) is 0 Å². The minimum atomic E-state index is -4.00. The van der Waals surface area contributed by atoms with Crippen molar-refractivity contribution in [3.63, 3.8) is 0 Å². The maximum Gasteiger partial charge on any atom is 0.342 e. The van der Waals surface area contributed by atoms with Crippen LogP contribution in [-0.4, -0.2) is 33.9 Å². The van der Waals surface area contributed by atoms with Crippen LogP contribution in [-0.2, 0) is 14.8 Å². The molecule has 1 saturated carbocycles. The van der Waals surface area contributed by atoms with Crippen LogP contribution in [0.25, 0.3) is 0 Å². The third-order valence-corrected chi connectivity index (χ3v) is 6.27. The second-order valence-electron chi connectivity index (χ2n) is 7.36. The van der Waals surface area contributed by atoms with Gasteiger partial charge in [-0.2, -0.15) is 0 Å². The van der Waals surface area contributed by atoms with E-state index in [9.17, 15) is 18.0 Å². The molecule has 7 nitrogen and oxygen atoms in total. The highest BCUT2D eigenvalue weighted by Gasteiger charge is 2.20. The largest absolute Gasteiger partial charge is 0.496 e. The van der Waals surface area contributed by atoms with Crippen LogP contribution in [0.1, 0.15) is 64.3 Å². The van der Waals surface area contributed by atoms with Gasteiger partial charge in [0.1, 0.15) is 11.3 Å². The maximum absolute atomic E-state index is 12.4. The summed E-state index contributed by atoms with van der Waals surface area (Å²) in [5, 5.41) is 5.11. The number of esters is 1. The van der Waals surface area contributed by atoms with Gasteiger partial charge in [0, 0.05) is 5.56 Å². The number of methoxy groups -OCH3 is 1. The van der Waals surface area contributed by atoms with Crippen molar-refractivity contribution >= 4 is 21.8 Å². The molecule has 0 aliphatic heterocycles. The van der Waals surface area contributed by atoms with Crippen molar-refractivity contribution in [3.8, 4) is 5.75 Å². The molecule has 0 unspecified atom stereocenters. The molecule has 1 fully saturated rings. The third-order valence-electron chi connectivity index (χ3n) is 5.36. The van der Waals surface area contributed by atoms with Crippen LogP contribution >= 0.6 is 0 Å². The molecule has 30 heavy (non-hydrogen) atoms. The number of nitrogens with two attached hydrogens (primary N) is 1. The SMILES string of the molecule is COc1ccc(S(N)(=O)=O)cc1C(=O)OCC(=O)c1ccc(C2CCCCC2)cc1. The quantitative estimate of drug-likeness (QED) is 0.531. The molecular weight excluding hydrogens is 406 g/mol. The van der Waals surface area contributed by atoms with Crippen molar-refractivity contribution in [2.75, 3.05) is 13.7 Å². The van der Waals surface area contributed by atoms with E-state index in [2.05, 4.69) is 0 Å². The van der Waals surface area contributed by atoms with E-state index in [1.54, 1.807) is 12.1 Å². The minimum Gasteiger partial charge on any atom is -0.496 e. The van der Waals surface area contributed by atoms with E-state index in [0.29, 0.717) is 11.5 Å². The molecular formula is C22H25NO6S. The molecule has 0 radical (unpaired) electrons. The zero-order valence-electron chi connectivity index (χ0n) is 16.8. The van der Waals surface area contributed by atoms with E-state index in [-0.39, 0.29) is 22.0 Å². The Bertz CT molecular complexity index is 1020. The average molecular weight is 432 g/mol. The van der Waals surface area contributed by atoms with Gasteiger partial charge in [-0.3, -0.25) is 4.79 Å². The lowest BCUT2D eigenvalue weighted by atomic mass is 9.84. The van der Waals surface area contributed by atoms with Crippen LogP contribution in [0, 0.1) is 0 Å². The number of carbonyl (C=O) groups is 2. The summed E-state index contributed by atoms with van der Waals surface area (Å²) in [6.07, 6.45) is 6.09. The number of hydrogen-bond acceptors (Lipinski definition) is 6. The first-order chi connectivity index (χ1) is 14.3. The Labute approximate surface area is 176 Å². The molecule has 160 valence electrons. The molecule has 1 aliphatic carbocycles. The molecule has 2 aromatic rings. The number of ether oxygens (including phenoxy) is 2. The van der Waals surface area contributed by atoms with E-state index in [1.165, 1.54) is 56.9 Å². The lowest BCUT2D eigenvalue weighted by Crippen LogP contribution is -2.17. The number of ketones is 1.